The van der Waals surface area contributed by atoms with E-state index in [9.17, 15) is 13.2 Å². The molecule has 0 radical (unpaired) electrons. The minimum absolute atomic E-state index is 0.521. The second-order valence-corrected chi connectivity index (χ2v) is 6.03. The summed E-state index contributed by atoms with van der Waals surface area (Å²) in [5, 5.41) is -2.38. The first-order valence-corrected chi connectivity index (χ1v) is 7.21. The lowest BCUT2D eigenvalue weighted by atomic mass is 10.0. The van der Waals surface area contributed by atoms with E-state index in [2.05, 4.69) is 0 Å². The van der Waals surface area contributed by atoms with Gasteiger partial charge in [-0.15, -0.1) is 0 Å². The van der Waals surface area contributed by atoms with Crippen LogP contribution in [-0.2, 0) is 9.84 Å². The van der Waals surface area contributed by atoms with Crippen LogP contribution in [0.1, 0.15) is 16.4 Å². The molecule has 0 atom stereocenters. The van der Waals surface area contributed by atoms with Crippen LogP contribution >= 0.6 is 0 Å². The molecule has 0 aliphatic carbocycles. The molecule has 1 amide bonds. The fourth-order valence-corrected chi connectivity index (χ4v) is 3.19. The smallest absolute Gasteiger partial charge is 0.334 e. The highest BCUT2D eigenvalue weighted by Gasteiger charge is 2.33. The topological polar surface area (TPSA) is 77.2 Å². The average molecular weight is 275 g/mol. The summed E-state index contributed by atoms with van der Waals surface area (Å²) < 4.78 is 24.3. The van der Waals surface area contributed by atoms with Crippen molar-refractivity contribution < 1.29 is 13.2 Å². The SMILES string of the molecule is NC(=O)S(=O)(=O)C(c1ccccc1)c1ccccc1. The van der Waals surface area contributed by atoms with Gasteiger partial charge in [-0.1, -0.05) is 60.7 Å². The number of sulfone groups is 1. The zero-order valence-corrected chi connectivity index (χ0v) is 10.9. The van der Waals surface area contributed by atoms with Crippen LogP contribution < -0.4 is 5.73 Å². The Morgan fingerprint density at radius 2 is 1.21 bits per heavy atom. The standard InChI is InChI=1S/C14H13NO3S/c15-14(16)19(17,18)13(11-7-3-1-4-8-11)12-9-5-2-6-10-12/h1-10,13H,(H2,15,16). The van der Waals surface area contributed by atoms with Crippen molar-refractivity contribution in [2.75, 3.05) is 0 Å². The molecule has 0 saturated heterocycles. The lowest BCUT2D eigenvalue weighted by Gasteiger charge is -2.16. The molecule has 0 saturated carbocycles. The zero-order valence-electron chi connectivity index (χ0n) is 10.1. The molecule has 5 heteroatoms. The number of rotatable bonds is 3. The van der Waals surface area contributed by atoms with Gasteiger partial charge >= 0.3 is 5.24 Å². The number of benzene rings is 2. The molecular weight excluding hydrogens is 262 g/mol. The van der Waals surface area contributed by atoms with Crippen LogP contribution in [0.25, 0.3) is 0 Å². The minimum atomic E-state index is -4.11. The van der Waals surface area contributed by atoms with E-state index in [4.69, 9.17) is 5.73 Å². The van der Waals surface area contributed by atoms with Gasteiger partial charge in [0.05, 0.1) is 0 Å². The summed E-state index contributed by atoms with van der Waals surface area (Å²) in [5.74, 6) is 0. The van der Waals surface area contributed by atoms with Crippen LogP contribution in [0.5, 0.6) is 0 Å². The van der Waals surface area contributed by atoms with E-state index in [1.807, 2.05) is 0 Å². The van der Waals surface area contributed by atoms with Crippen LogP contribution in [0.3, 0.4) is 0 Å². The fourth-order valence-electron chi connectivity index (χ4n) is 1.92. The first-order chi connectivity index (χ1) is 9.03. The van der Waals surface area contributed by atoms with Crippen molar-refractivity contribution in [1.82, 2.24) is 0 Å². The Kier molecular flexibility index (Phi) is 3.66. The molecule has 2 aromatic carbocycles. The van der Waals surface area contributed by atoms with Gasteiger partial charge in [-0.2, -0.15) is 0 Å². The summed E-state index contributed by atoms with van der Waals surface area (Å²) in [6, 6.07) is 17.1. The van der Waals surface area contributed by atoms with Crippen LogP contribution in [0.15, 0.2) is 60.7 Å². The second kappa shape index (κ2) is 5.24. The van der Waals surface area contributed by atoms with Crippen molar-refractivity contribution >= 4 is 15.1 Å². The number of primary amides is 1. The van der Waals surface area contributed by atoms with Crippen molar-refractivity contribution in [3.05, 3.63) is 71.8 Å². The van der Waals surface area contributed by atoms with Gasteiger partial charge in [-0.25, -0.2) is 8.42 Å². The van der Waals surface area contributed by atoms with Crippen molar-refractivity contribution in [3.8, 4) is 0 Å². The van der Waals surface area contributed by atoms with Gasteiger partial charge in [0.25, 0.3) is 0 Å². The number of carbonyl (C=O) groups is 1. The van der Waals surface area contributed by atoms with E-state index in [0.717, 1.165) is 0 Å². The highest BCUT2D eigenvalue weighted by atomic mass is 32.2. The lowest BCUT2D eigenvalue weighted by Crippen LogP contribution is -2.28. The molecule has 2 N–H and O–H groups in total. The number of amides is 1. The Morgan fingerprint density at radius 1 is 0.842 bits per heavy atom. The summed E-state index contributed by atoms with van der Waals surface area (Å²) in [4.78, 5) is 11.2. The fraction of sp³-hybridized carbons (Fsp3) is 0.0714. The van der Waals surface area contributed by atoms with Crippen LogP contribution in [0.2, 0.25) is 0 Å². The summed E-state index contributed by atoms with van der Waals surface area (Å²) in [7, 11) is -4.11. The maximum Gasteiger partial charge on any atom is 0.334 e. The maximum absolute atomic E-state index is 12.2. The van der Waals surface area contributed by atoms with E-state index in [-0.39, 0.29) is 0 Å². The third-order valence-corrected chi connectivity index (χ3v) is 4.52. The molecule has 0 aromatic heterocycles. The summed E-state index contributed by atoms with van der Waals surface area (Å²) in [6.45, 7) is 0. The van der Waals surface area contributed by atoms with Crippen LogP contribution in [0, 0.1) is 0 Å². The number of hydrogen-bond donors (Lipinski definition) is 1. The molecule has 0 bridgehead atoms. The summed E-state index contributed by atoms with van der Waals surface area (Å²) in [5.41, 5.74) is 6.06. The average Bonchev–Trinajstić information content (AvgIpc) is 2.41. The van der Waals surface area contributed by atoms with Crippen molar-refractivity contribution in [1.29, 1.82) is 0 Å². The third kappa shape index (κ3) is 2.66. The predicted molar refractivity (Wildman–Crippen MR) is 73.2 cm³/mol. The molecule has 0 fully saturated rings. The maximum atomic E-state index is 12.2. The molecule has 0 unspecified atom stereocenters. The quantitative estimate of drug-likeness (QED) is 0.933. The van der Waals surface area contributed by atoms with E-state index in [0.29, 0.717) is 11.1 Å². The highest BCUT2D eigenvalue weighted by molar-refractivity contribution is 8.06. The van der Waals surface area contributed by atoms with Crippen molar-refractivity contribution in [2.24, 2.45) is 5.73 Å². The third-order valence-electron chi connectivity index (χ3n) is 2.80. The molecule has 0 aliphatic rings. The Balaban J connectivity index is 2.63. The molecule has 0 spiro atoms. The summed E-state index contributed by atoms with van der Waals surface area (Å²) >= 11 is 0. The van der Waals surface area contributed by atoms with E-state index in [1.165, 1.54) is 0 Å². The van der Waals surface area contributed by atoms with E-state index in [1.54, 1.807) is 60.7 Å². The van der Waals surface area contributed by atoms with E-state index >= 15 is 0 Å². The number of hydrogen-bond acceptors (Lipinski definition) is 3. The highest BCUT2D eigenvalue weighted by Crippen LogP contribution is 2.30. The molecule has 98 valence electrons. The van der Waals surface area contributed by atoms with Crippen molar-refractivity contribution in [2.45, 2.75) is 5.25 Å². The molecule has 2 aromatic rings. The van der Waals surface area contributed by atoms with Gasteiger partial charge in [0, 0.05) is 0 Å². The Bertz CT molecular complexity index is 627. The Morgan fingerprint density at radius 3 is 1.53 bits per heavy atom. The van der Waals surface area contributed by atoms with Crippen LogP contribution in [-0.4, -0.2) is 13.7 Å². The normalized spacial score (nSPS) is 11.4. The number of carbonyl (C=O) groups excluding carboxylic acids is 1. The molecular formula is C14H13NO3S. The van der Waals surface area contributed by atoms with Gasteiger partial charge in [0.1, 0.15) is 5.25 Å². The van der Waals surface area contributed by atoms with Gasteiger partial charge in [0.2, 0.25) is 9.84 Å². The molecule has 2 rings (SSSR count). The Labute approximate surface area is 111 Å². The van der Waals surface area contributed by atoms with Crippen LogP contribution in [0.4, 0.5) is 4.79 Å². The Hall–Kier alpha value is -2.14. The lowest BCUT2D eigenvalue weighted by molar-refractivity contribution is 0.265. The summed E-state index contributed by atoms with van der Waals surface area (Å²) in [6.07, 6.45) is 0. The van der Waals surface area contributed by atoms with Gasteiger partial charge in [-0.3, -0.25) is 4.79 Å². The zero-order chi connectivity index (χ0) is 13.9. The van der Waals surface area contributed by atoms with E-state index < -0.39 is 20.3 Å². The van der Waals surface area contributed by atoms with Gasteiger partial charge in [-0.05, 0) is 11.1 Å². The first-order valence-electron chi connectivity index (χ1n) is 5.66. The largest absolute Gasteiger partial charge is 0.356 e. The minimum Gasteiger partial charge on any atom is -0.356 e. The molecule has 4 nitrogen and oxygen atoms in total. The predicted octanol–water partition coefficient (Wildman–Crippen LogP) is 2.27. The van der Waals surface area contributed by atoms with Crippen molar-refractivity contribution in [3.63, 3.8) is 0 Å². The molecule has 19 heavy (non-hydrogen) atoms. The number of nitrogens with two attached hydrogens (primary N) is 1. The second-order valence-electron chi connectivity index (χ2n) is 4.07. The van der Waals surface area contributed by atoms with Gasteiger partial charge < -0.3 is 5.73 Å². The van der Waals surface area contributed by atoms with Gasteiger partial charge in [0.15, 0.2) is 0 Å². The first kappa shape index (κ1) is 13.3. The monoisotopic (exact) mass is 275 g/mol. The molecule has 0 heterocycles. The molecule has 0 aliphatic heterocycles.